The number of hydrogen-bond acceptors (Lipinski definition) is 5. The molecule has 10 atom stereocenters. The van der Waals surface area contributed by atoms with Gasteiger partial charge in [0.2, 0.25) is 5.91 Å². The van der Waals surface area contributed by atoms with Crippen molar-refractivity contribution in [3.05, 3.63) is 29.8 Å². The Morgan fingerprint density at radius 2 is 1.81 bits per heavy atom. The van der Waals surface area contributed by atoms with Gasteiger partial charge in [0, 0.05) is 12.0 Å². The van der Waals surface area contributed by atoms with E-state index in [2.05, 4.69) is 31.3 Å². The summed E-state index contributed by atoms with van der Waals surface area (Å²) in [5.74, 6) is 2.99. The van der Waals surface area contributed by atoms with Crippen LogP contribution in [0.5, 0.6) is 5.75 Å². The molecule has 0 radical (unpaired) electrons. The summed E-state index contributed by atoms with van der Waals surface area (Å²) < 4.78 is 0. The largest absolute Gasteiger partial charge is 0.507 e. The van der Waals surface area contributed by atoms with Gasteiger partial charge < -0.3 is 15.3 Å². The number of phenolic OH excluding ortho intramolecular Hbond substituents is 1. The van der Waals surface area contributed by atoms with Crippen molar-refractivity contribution in [2.75, 3.05) is 0 Å². The Kier molecular flexibility index (Phi) is 7.45. The number of nitrogens with zero attached hydrogens (tertiary/aromatic N) is 1. The first kappa shape index (κ1) is 26.7. The lowest BCUT2D eigenvalue weighted by Crippen LogP contribution is -2.58. The quantitative estimate of drug-likeness (QED) is 0.310. The minimum absolute atomic E-state index is 0.0944. The van der Waals surface area contributed by atoms with E-state index >= 15 is 0 Å². The van der Waals surface area contributed by atoms with Gasteiger partial charge in [-0.05, 0) is 116 Å². The summed E-state index contributed by atoms with van der Waals surface area (Å²) in [4.78, 5) is 12.5. The molecule has 6 nitrogen and oxygen atoms in total. The number of carbonyl (C=O) groups excluding carboxylic acids is 1. The number of hydrazone groups is 1. The molecule has 6 heteroatoms. The van der Waals surface area contributed by atoms with Crippen molar-refractivity contribution in [3.8, 4) is 5.75 Å². The molecule has 5 rings (SSSR count). The van der Waals surface area contributed by atoms with E-state index in [9.17, 15) is 20.1 Å². The number of para-hydroxylation sites is 1. The molecule has 0 saturated heterocycles. The van der Waals surface area contributed by atoms with Crippen molar-refractivity contribution in [2.24, 2.45) is 51.4 Å². The number of rotatable bonds is 6. The molecule has 4 aliphatic carbocycles. The molecule has 0 bridgehead atoms. The van der Waals surface area contributed by atoms with Crippen molar-refractivity contribution in [2.45, 2.75) is 97.2 Å². The van der Waals surface area contributed by atoms with Gasteiger partial charge in [-0.3, -0.25) is 4.79 Å². The maximum absolute atomic E-state index is 12.5. The van der Waals surface area contributed by atoms with Gasteiger partial charge in [-0.2, -0.15) is 5.10 Å². The van der Waals surface area contributed by atoms with E-state index in [0.29, 0.717) is 47.5 Å². The van der Waals surface area contributed by atoms with E-state index in [-0.39, 0.29) is 34.7 Å². The average Bonchev–Trinajstić information content (AvgIpc) is 3.22. The SMILES string of the molecule is C[C@@H](CCC(=O)N/N=C\c1ccccc1O)[C@H]1CC[C@H]2[C@@H]3[C@@H](O)C[C@H]4C[C@@H](O)CC[C@]4(C)[C@H]3CC[C@]12C. The van der Waals surface area contributed by atoms with Crippen LogP contribution in [0.2, 0.25) is 0 Å². The minimum atomic E-state index is -0.250. The Morgan fingerprint density at radius 1 is 1.08 bits per heavy atom. The van der Waals surface area contributed by atoms with Gasteiger partial charge in [0.25, 0.3) is 0 Å². The number of nitrogens with one attached hydrogen (secondary N) is 1. The lowest BCUT2D eigenvalue weighted by atomic mass is 9.43. The first-order chi connectivity index (χ1) is 17.6. The lowest BCUT2D eigenvalue weighted by Gasteiger charge is -2.62. The summed E-state index contributed by atoms with van der Waals surface area (Å²) in [6, 6.07) is 6.91. The Balaban J connectivity index is 1.19. The normalized spacial score (nSPS) is 42.0. The van der Waals surface area contributed by atoms with E-state index in [1.165, 1.54) is 31.9 Å². The van der Waals surface area contributed by atoms with Gasteiger partial charge in [0.05, 0.1) is 18.4 Å². The van der Waals surface area contributed by atoms with Crippen LogP contribution in [0.1, 0.15) is 90.5 Å². The van der Waals surface area contributed by atoms with Crippen LogP contribution in [0.15, 0.2) is 29.4 Å². The second-order valence-electron chi connectivity index (χ2n) is 13.3. The standard InChI is InChI=1S/C31H46N2O4/c1-19(8-11-28(37)33-32-18-20-6-4-5-7-26(20)35)23-9-10-24-29-25(13-15-31(23,24)3)30(2)14-12-22(34)16-21(30)17-27(29)36/h4-7,18-19,21-25,27,29,34-36H,8-17H2,1-3H3,(H,33,37)/b32-18-/t19-,21+,22-,23+,24-,25-,27-,29-,30-,31+/m0/s1. The molecule has 1 aromatic carbocycles. The molecule has 4 N–H and O–H groups in total. The second kappa shape index (κ2) is 10.3. The van der Waals surface area contributed by atoms with Crippen LogP contribution in [0, 0.1) is 46.3 Å². The maximum Gasteiger partial charge on any atom is 0.240 e. The predicted molar refractivity (Wildman–Crippen MR) is 145 cm³/mol. The minimum Gasteiger partial charge on any atom is -0.507 e. The van der Waals surface area contributed by atoms with Crippen LogP contribution in [0.25, 0.3) is 0 Å². The Hall–Kier alpha value is -1.92. The Bertz CT molecular complexity index is 1010. The summed E-state index contributed by atoms with van der Waals surface area (Å²) in [6.07, 6.45) is 10.8. The fourth-order valence-corrected chi connectivity index (χ4v) is 9.56. The Morgan fingerprint density at radius 3 is 2.59 bits per heavy atom. The monoisotopic (exact) mass is 510 g/mol. The molecule has 0 aromatic heterocycles. The van der Waals surface area contributed by atoms with Crippen LogP contribution in [0.3, 0.4) is 0 Å². The summed E-state index contributed by atoms with van der Waals surface area (Å²) >= 11 is 0. The second-order valence-corrected chi connectivity index (χ2v) is 13.3. The predicted octanol–water partition coefficient (Wildman–Crippen LogP) is 5.25. The smallest absolute Gasteiger partial charge is 0.240 e. The van der Waals surface area contributed by atoms with Gasteiger partial charge >= 0.3 is 0 Å². The third-order valence-corrected chi connectivity index (χ3v) is 11.6. The van der Waals surface area contributed by atoms with Gasteiger partial charge in [0.15, 0.2) is 0 Å². The molecule has 1 aromatic rings. The number of aromatic hydroxyl groups is 1. The van der Waals surface area contributed by atoms with Crippen molar-refractivity contribution in [1.82, 2.24) is 5.43 Å². The van der Waals surface area contributed by atoms with E-state index in [1.54, 1.807) is 18.2 Å². The molecule has 4 aliphatic rings. The molecular formula is C31H46N2O4. The van der Waals surface area contributed by atoms with E-state index < -0.39 is 0 Å². The molecule has 4 fully saturated rings. The molecule has 0 unspecified atom stereocenters. The molecule has 0 aliphatic heterocycles. The van der Waals surface area contributed by atoms with Gasteiger partial charge in [-0.15, -0.1) is 0 Å². The van der Waals surface area contributed by atoms with Crippen molar-refractivity contribution >= 4 is 12.1 Å². The highest BCUT2D eigenvalue weighted by atomic mass is 16.3. The number of hydrogen-bond donors (Lipinski definition) is 4. The van der Waals surface area contributed by atoms with Gasteiger partial charge in [-0.1, -0.05) is 32.9 Å². The summed E-state index contributed by atoms with van der Waals surface area (Å²) in [7, 11) is 0. The number of fused-ring (bicyclic) bond motifs is 5. The van der Waals surface area contributed by atoms with E-state index in [1.807, 2.05) is 6.07 Å². The molecule has 4 saturated carbocycles. The fraction of sp³-hybridized carbons (Fsp3) is 0.742. The average molecular weight is 511 g/mol. The third-order valence-electron chi connectivity index (χ3n) is 11.6. The topological polar surface area (TPSA) is 102 Å². The van der Waals surface area contributed by atoms with Gasteiger partial charge in [-0.25, -0.2) is 5.43 Å². The highest BCUT2D eigenvalue weighted by Crippen LogP contribution is 2.68. The first-order valence-corrected chi connectivity index (χ1v) is 14.6. The lowest BCUT2D eigenvalue weighted by molar-refractivity contribution is -0.174. The van der Waals surface area contributed by atoms with Crippen LogP contribution in [0.4, 0.5) is 0 Å². The van der Waals surface area contributed by atoms with E-state index in [4.69, 9.17) is 0 Å². The first-order valence-electron chi connectivity index (χ1n) is 14.6. The number of carbonyl (C=O) groups is 1. The summed E-state index contributed by atoms with van der Waals surface area (Å²) in [6.45, 7) is 7.25. The van der Waals surface area contributed by atoms with Gasteiger partial charge in [0.1, 0.15) is 5.75 Å². The van der Waals surface area contributed by atoms with Crippen LogP contribution >= 0.6 is 0 Å². The van der Waals surface area contributed by atoms with Crippen molar-refractivity contribution in [3.63, 3.8) is 0 Å². The third kappa shape index (κ3) is 4.85. The van der Waals surface area contributed by atoms with Crippen LogP contribution in [-0.2, 0) is 4.79 Å². The van der Waals surface area contributed by atoms with E-state index in [0.717, 1.165) is 32.1 Å². The molecule has 0 heterocycles. The molecule has 1 amide bonds. The maximum atomic E-state index is 12.5. The zero-order valence-electron chi connectivity index (χ0n) is 22.8. The zero-order valence-corrected chi connectivity index (χ0v) is 22.8. The molecular weight excluding hydrogens is 464 g/mol. The number of amides is 1. The fourth-order valence-electron chi connectivity index (χ4n) is 9.56. The van der Waals surface area contributed by atoms with Crippen LogP contribution in [-0.4, -0.2) is 39.6 Å². The number of aliphatic hydroxyl groups excluding tert-OH is 2. The highest BCUT2D eigenvalue weighted by Gasteiger charge is 2.62. The molecule has 37 heavy (non-hydrogen) atoms. The van der Waals surface area contributed by atoms with Crippen LogP contribution < -0.4 is 5.43 Å². The van der Waals surface area contributed by atoms with Crippen molar-refractivity contribution < 1.29 is 20.1 Å². The zero-order chi connectivity index (χ0) is 26.4. The number of phenols is 1. The van der Waals surface area contributed by atoms with Crippen molar-refractivity contribution in [1.29, 1.82) is 0 Å². The molecule has 204 valence electrons. The number of benzene rings is 1. The summed E-state index contributed by atoms with van der Waals surface area (Å²) in [5, 5.41) is 35.6. The highest BCUT2D eigenvalue weighted by molar-refractivity contribution is 5.84. The Labute approximate surface area is 221 Å². The summed E-state index contributed by atoms with van der Waals surface area (Å²) in [5.41, 5.74) is 3.66. The molecule has 0 spiro atoms. The number of aliphatic hydroxyl groups is 2.